The molecule has 0 amide bonds. The maximum Gasteiger partial charge on any atom is 0.172 e. The van der Waals surface area contributed by atoms with E-state index in [1.165, 1.54) is 10.8 Å². The van der Waals surface area contributed by atoms with Crippen LogP contribution in [0.15, 0.2) is 140 Å². The van der Waals surface area contributed by atoms with Crippen LogP contribution in [0, 0.1) is 0 Å². The van der Waals surface area contributed by atoms with Gasteiger partial charge in [0.15, 0.2) is 14.3 Å². The molecule has 0 N–H and O–H groups in total. The molecule has 2 aliphatic heterocycles. The minimum absolute atomic E-state index is 0.794. The predicted octanol–water partition coefficient (Wildman–Crippen LogP) is 6.36. The van der Waals surface area contributed by atoms with Gasteiger partial charge in [-0.1, -0.05) is 115 Å². The predicted molar refractivity (Wildman–Crippen MR) is 172 cm³/mol. The summed E-state index contributed by atoms with van der Waals surface area (Å²) < 4.78 is 32.8. The summed E-state index contributed by atoms with van der Waals surface area (Å²) in [7, 11) is -6.29. The molecule has 0 aliphatic carbocycles. The summed E-state index contributed by atoms with van der Waals surface area (Å²) in [5, 5.41) is 7.20. The summed E-state index contributed by atoms with van der Waals surface area (Å²) in [6.45, 7) is 0. The first kappa shape index (κ1) is 23.3. The van der Waals surface area contributed by atoms with Gasteiger partial charge >= 0.3 is 0 Å². The number of rotatable bonds is 3. The molecule has 9 rings (SSSR count). The molecule has 41 heavy (non-hydrogen) atoms. The fourth-order valence-corrected chi connectivity index (χ4v) is 13.5. The van der Waals surface area contributed by atoms with Crippen molar-refractivity contribution in [3.8, 4) is 16.8 Å². The summed E-state index contributed by atoms with van der Waals surface area (Å²) >= 11 is 0. The Kier molecular flexibility index (Phi) is 4.59. The fraction of sp³-hybridized carbons (Fsp3) is 0. The van der Waals surface area contributed by atoms with Gasteiger partial charge in [-0.15, -0.1) is 0 Å². The van der Waals surface area contributed by atoms with Gasteiger partial charge in [-0.25, -0.2) is 0 Å². The molecule has 6 aromatic carbocycles. The van der Waals surface area contributed by atoms with Crippen molar-refractivity contribution in [2.24, 2.45) is 0 Å². The summed E-state index contributed by atoms with van der Waals surface area (Å²) in [6.07, 6.45) is 0. The highest BCUT2D eigenvalue weighted by atomic mass is 31.2. The molecule has 0 atom stereocenters. The second-order valence-corrected chi connectivity index (χ2v) is 16.2. The third-order valence-corrected chi connectivity index (χ3v) is 15.0. The molecule has 0 fully saturated rings. The van der Waals surface area contributed by atoms with Gasteiger partial charge in [0, 0.05) is 59.4 Å². The van der Waals surface area contributed by atoms with Crippen molar-refractivity contribution in [2.45, 2.75) is 0 Å². The van der Waals surface area contributed by atoms with E-state index in [4.69, 9.17) is 0 Å². The van der Waals surface area contributed by atoms with Crippen LogP contribution < -0.4 is 31.8 Å². The first-order valence-corrected chi connectivity index (χ1v) is 17.2. The van der Waals surface area contributed by atoms with Crippen LogP contribution in [-0.4, -0.2) is 4.57 Å². The molecule has 0 radical (unpaired) electrons. The van der Waals surface area contributed by atoms with Crippen LogP contribution in [-0.2, 0) is 9.13 Å². The van der Waals surface area contributed by atoms with E-state index in [0.29, 0.717) is 0 Å². The monoisotopic (exact) mass is 563 g/mol. The van der Waals surface area contributed by atoms with Gasteiger partial charge in [0.2, 0.25) is 0 Å². The fourth-order valence-electron chi connectivity index (χ4n) is 7.10. The van der Waals surface area contributed by atoms with Gasteiger partial charge in [-0.3, -0.25) is 0 Å². The highest BCUT2D eigenvalue weighted by Crippen LogP contribution is 2.60. The molecule has 3 heterocycles. The maximum atomic E-state index is 15.5. The third-order valence-electron chi connectivity index (χ3n) is 8.80. The Hall–Kier alpha value is -4.42. The zero-order chi connectivity index (χ0) is 27.3. The smallest absolute Gasteiger partial charge is 0.172 e. The molecule has 5 heteroatoms. The first-order chi connectivity index (χ1) is 20.1. The Balaban J connectivity index is 1.31. The number of fused-ring (bicyclic) bond motifs is 3. The van der Waals surface area contributed by atoms with Gasteiger partial charge in [0.05, 0.1) is 11.0 Å². The van der Waals surface area contributed by atoms with Crippen LogP contribution in [0.4, 0.5) is 0 Å². The average molecular weight is 564 g/mol. The van der Waals surface area contributed by atoms with E-state index in [1.807, 2.05) is 78.9 Å². The molecule has 0 saturated carbocycles. The van der Waals surface area contributed by atoms with E-state index >= 15 is 4.57 Å². The molecule has 194 valence electrons. The lowest BCUT2D eigenvalue weighted by atomic mass is 10.1. The molecule has 0 unspecified atom stereocenters. The normalized spacial score (nSPS) is 15.4. The average Bonchev–Trinajstić information content (AvgIpc) is 3.62. The van der Waals surface area contributed by atoms with Crippen LogP contribution in [0.1, 0.15) is 0 Å². The number of nitrogens with zero attached hydrogens (tertiary/aromatic N) is 1. The van der Waals surface area contributed by atoms with E-state index in [-0.39, 0.29) is 0 Å². The topological polar surface area (TPSA) is 39.1 Å². The van der Waals surface area contributed by atoms with Gasteiger partial charge in [-0.05, 0) is 24.3 Å². The molecule has 7 aromatic rings. The van der Waals surface area contributed by atoms with Crippen molar-refractivity contribution in [1.82, 2.24) is 4.57 Å². The second kappa shape index (κ2) is 8.08. The molecule has 0 spiro atoms. The van der Waals surface area contributed by atoms with Crippen molar-refractivity contribution < 1.29 is 9.13 Å². The van der Waals surface area contributed by atoms with Gasteiger partial charge in [0.25, 0.3) is 0 Å². The Morgan fingerprint density at radius 2 is 0.854 bits per heavy atom. The first-order valence-electron chi connectivity index (χ1n) is 13.8. The Bertz CT molecular complexity index is 2220. The quantitative estimate of drug-likeness (QED) is 0.235. The third kappa shape index (κ3) is 2.81. The molecular formula is C36H23NO2P2. The van der Waals surface area contributed by atoms with Crippen LogP contribution in [0.3, 0.4) is 0 Å². The summed E-state index contributed by atoms with van der Waals surface area (Å²) in [5.74, 6) is 0. The molecule has 0 bridgehead atoms. The van der Waals surface area contributed by atoms with Crippen molar-refractivity contribution in [1.29, 1.82) is 0 Å². The van der Waals surface area contributed by atoms with Crippen molar-refractivity contribution >= 4 is 67.9 Å². The lowest BCUT2D eigenvalue weighted by Gasteiger charge is -2.22. The van der Waals surface area contributed by atoms with E-state index in [2.05, 4.69) is 65.2 Å². The lowest BCUT2D eigenvalue weighted by Crippen LogP contribution is -2.28. The standard InChI is InChI=1S/C36H23NO2P2/c38-40(25-12-2-1-3-13-25)31-19-9-21-33-35(31)36-32(40)20-10-22-34(36)41(33,39)26-14-8-11-24(23-26)37-29-17-6-4-15-27(29)28-16-5-7-18-30(28)37/h1-23H. The zero-order valence-corrected chi connectivity index (χ0v) is 23.7. The molecule has 2 aliphatic rings. The number of benzene rings is 6. The van der Waals surface area contributed by atoms with Crippen LogP contribution >= 0.6 is 14.3 Å². The van der Waals surface area contributed by atoms with Crippen molar-refractivity contribution in [2.75, 3.05) is 0 Å². The minimum atomic E-state index is -3.22. The largest absolute Gasteiger partial charge is 0.309 e. The summed E-state index contributed by atoms with van der Waals surface area (Å²) in [4.78, 5) is 0. The number of hydrogen-bond donors (Lipinski definition) is 0. The lowest BCUT2D eigenvalue weighted by molar-refractivity contribution is 0.592. The Labute approximate surface area is 237 Å². The summed E-state index contributed by atoms with van der Waals surface area (Å²) in [6, 6.07) is 46.6. The van der Waals surface area contributed by atoms with E-state index in [0.717, 1.165) is 59.7 Å². The van der Waals surface area contributed by atoms with Gasteiger partial charge in [-0.2, -0.15) is 0 Å². The van der Waals surface area contributed by atoms with Crippen LogP contribution in [0.25, 0.3) is 38.6 Å². The van der Waals surface area contributed by atoms with E-state index in [9.17, 15) is 4.57 Å². The van der Waals surface area contributed by atoms with Crippen LogP contribution in [0.5, 0.6) is 0 Å². The number of aromatic nitrogens is 1. The molecule has 1 aromatic heterocycles. The van der Waals surface area contributed by atoms with Gasteiger partial charge < -0.3 is 13.7 Å². The molecular weight excluding hydrogens is 540 g/mol. The molecule has 3 nitrogen and oxygen atoms in total. The van der Waals surface area contributed by atoms with E-state index < -0.39 is 14.3 Å². The zero-order valence-electron chi connectivity index (χ0n) is 21.9. The van der Waals surface area contributed by atoms with Crippen molar-refractivity contribution in [3.63, 3.8) is 0 Å². The minimum Gasteiger partial charge on any atom is -0.309 e. The van der Waals surface area contributed by atoms with E-state index in [1.54, 1.807) is 0 Å². The van der Waals surface area contributed by atoms with Crippen molar-refractivity contribution in [3.05, 3.63) is 140 Å². The Morgan fingerprint density at radius 1 is 0.415 bits per heavy atom. The second-order valence-electron chi connectivity index (χ2n) is 10.8. The Morgan fingerprint density at radius 3 is 1.41 bits per heavy atom. The molecule has 0 saturated heterocycles. The SMILES string of the molecule is O=P1(c2ccccc2)c2cccc3c2-c2c1cccc2P3(=O)c1cccc(-n2c3ccccc3c3ccccc32)c1. The maximum absolute atomic E-state index is 15.5. The number of hydrogen-bond acceptors (Lipinski definition) is 2. The highest BCUT2D eigenvalue weighted by molar-refractivity contribution is 7.89. The van der Waals surface area contributed by atoms with Gasteiger partial charge in [0.1, 0.15) is 0 Å². The van der Waals surface area contributed by atoms with Crippen LogP contribution in [0.2, 0.25) is 0 Å². The number of para-hydroxylation sites is 2. The highest BCUT2D eigenvalue weighted by Gasteiger charge is 2.51. The summed E-state index contributed by atoms with van der Waals surface area (Å²) in [5.41, 5.74) is 5.04.